The van der Waals surface area contributed by atoms with E-state index in [2.05, 4.69) is 20.8 Å². The Morgan fingerprint density at radius 3 is 2.93 bits per heavy atom. The molecule has 28 heavy (non-hydrogen) atoms. The molecule has 2 heterocycles. The zero-order valence-corrected chi connectivity index (χ0v) is 15.5. The summed E-state index contributed by atoms with van der Waals surface area (Å²) in [4.78, 5) is 12.5. The second kappa shape index (κ2) is 7.99. The zero-order chi connectivity index (χ0) is 19.5. The lowest BCUT2D eigenvalue weighted by Crippen LogP contribution is -2.24. The maximum absolute atomic E-state index is 13.6. The monoisotopic (exact) mass is 402 g/mol. The molecule has 4 rings (SSSR count). The van der Waals surface area contributed by atoms with E-state index in [1.54, 1.807) is 6.07 Å². The van der Waals surface area contributed by atoms with Crippen molar-refractivity contribution >= 4 is 22.4 Å². The number of carbonyl (C=O) groups excluding carboxylic acids is 1. The zero-order valence-electron chi connectivity index (χ0n) is 14.7. The molecule has 0 aliphatic carbocycles. The Balaban J connectivity index is 1.38. The Labute approximate surface area is 163 Å². The molecule has 1 amide bonds. The molecular weight excluding hydrogens is 386 g/mol. The molecule has 1 aliphatic rings. The van der Waals surface area contributed by atoms with Crippen LogP contribution in [0, 0.1) is 11.6 Å². The van der Waals surface area contributed by atoms with Gasteiger partial charge in [-0.3, -0.25) is 10.1 Å². The van der Waals surface area contributed by atoms with Crippen LogP contribution in [0.2, 0.25) is 0 Å². The van der Waals surface area contributed by atoms with Crippen molar-refractivity contribution in [3.8, 4) is 5.75 Å². The van der Waals surface area contributed by atoms with E-state index in [9.17, 15) is 13.6 Å². The number of anilines is 1. The van der Waals surface area contributed by atoms with Crippen LogP contribution in [-0.4, -0.2) is 22.6 Å². The fourth-order valence-electron chi connectivity index (χ4n) is 2.88. The number of hydrogen-bond donors (Lipinski definition) is 2. The molecule has 0 saturated carbocycles. The predicted molar refractivity (Wildman–Crippen MR) is 100 cm³/mol. The minimum Gasteiger partial charge on any atom is -0.483 e. The number of fused-ring (bicyclic) bond motifs is 1. The van der Waals surface area contributed by atoms with Crippen molar-refractivity contribution in [2.24, 2.45) is 0 Å². The van der Waals surface area contributed by atoms with Crippen molar-refractivity contribution < 1.29 is 18.3 Å². The fourth-order valence-corrected chi connectivity index (χ4v) is 3.53. The number of nitrogens with zero attached hydrogens (tertiary/aromatic N) is 2. The van der Waals surface area contributed by atoms with Crippen molar-refractivity contribution in [3.63, 3.8) is 0 Å². The van der Waals surface area contributed by atoms with Crippen LogP contribution in [0.15, 0.2) is 36.4 Å². The van der Waals surface area contributed by atoms with Gasteiger partial charge in [0, 0.05) is 18.2 Å². The van der Waals surface area contributed by atoms with Crippen molar-refractivity contribution in [3.05, 3.63) is 69.7 Å². The van der Waals surface area contributed by atoms with Crippen LogP contribution in [0.4, 0.5) is 13.9 Å². The molecule has 6 nitrogen and oxygen atoms in total. The quantitative estimate of drug-likeness (QED) is 0.685. The fraction of sp³-hybridized carbons (Fsp3) is 0.211. The second-order valence-corrected chi connectivity index (χ2v) is 7.29. The van der Waals surface area contributed by atoms with Crippen LogP contribution in [0.25, 0.3) is 0 Å². The number of hydrogen-bond acceptors (Lipinski definition) is 6. The molecule has 2 aromatic carbocycles. The molecule has 0 spiro atoms. The maximum Gasteiger partial charge on any atom is 0.257 e. The van der Waals surface area contributed by atoms with Crippen LogP contribution >= 0.6 is 11.3 Å². The lowest BCUT2D eigenvalue weighted by molar-refractivity contribution is 0.102. The van der Waals surface area contributed by atoms with Crippen LogP contribution in [-0.2, 0) is 19.6 Å². The maximum atomic E-state index is 13.6. The largest absolute Gasteiger partial charge is 0.483 e. The Morgan fingerprint density at radius 1 is 1.18 bits per heavy atom. The highest BCUT2D eigenvalue weighted by Gasteiger charge is 2.15. The van der Waals surface area contributed by atoms with Crippen molar-refractivity contribution in [1.29, 1.82) is 0 Å². The summed E-state index contributed by atoms with van der Waals surface area (Å²) in [5, 5.41) is 14.6. The Bertz CT molecular complexity index is 1020. The molecule has 0 radical (unpaired) electrons. The molecule has 0 unspecified atom stereocenters. The van der Waals surface area contributed by atoms with Crippen LogP contribution in [0.3, 0.4) is 0 Å². The summed E-state index contributed by atoms with van der Waals surface area (Å²) in [6, 6.07) is 8.69. The van der Waals surface area contributed by atoms with E-state index in [0.29, 0.717) is 15.7 Å². The van der Waals surface area contributed by atoms with Gasteiger partial charge < -0.3 is 10.1 Å². The van der Waals surface area contributed by atoms with Gasteiger partial charge in [0.2, 0.25) is 5.13 Å². The van der Waals surface area contributed by atoms with Crippen LogP contribution in [0.1, 0.15) is 26.5 Å². The van der Waals surface area contributed by atoms with Crippen LogP contribution in [0.5, 0.6) is 5.75 Å². The number of halogens is 2. The molecule has 1 aliphatic heterocycles. The van der Waals surface area contributed by atoms with Gasteiger partial charge in [0.15, 0.2) is 16.6 Å². The van der Waals surface area contributed by atoms with Gasteiger partial charge in [-0.15, -0.1) is 10.2 Å². The van der Waals surface area contributed by atoms with E-state index in [-0.39, 0.29) is 18.3 Å². The normalized spacial score (nSPS) is 13.1. The molecule has 0 saturated heterocycles. The summed E-state index contributed by atoms with van der Waals surface area (Å²) in [5.41, 5.74) is 2.92. The summed E-state index contributed by atoms with van der Waals surface area (Å²) >= 11 is 1.13. The highest BCUT2D eigenvalue weighted by molar-refractivity contribution is 7.15. The number of nitrogens with one attached hydrogen (secondary N) is 2. The van der Waals surface area contributed by atoms with E-state index in [0.717, 1.165) is 43.0 Å². The molecular formula is C19H16F2N4O2S. The Hall–Kier alpha value is -2.91. The van der Waals surface area contributed by atoms with E-state index < -0.39 is 11.6 Å². The van der Waals surface area contributed by atoms with Gasteiger partial charge in [0.1, 0.15) is 12.4 Å². The molecule has 3 aromatic rings. The first-order chi connectivity index (χ1) is 13.6. The molecule has 0 fully saturated rings. The lowest BCUT2D eigenvalue weighted by atomic mass is 9.98. The molecule has 0 atom stereocenters. The van der Waals surface area contributed by atoms with Gasteiger partial charge >= 0.3 is 0 Å². The van der Waals surface area contributed by atoms with Crippen LogP contribution < -0.4 is 15.4 Å². The second-order valence-electron chi connectivity index (χ2n) is 6.23. The van der Waals surface area contributed by atoms with E-state index in [4.69, 9.17) is 4.74 Å². The third-order valence-electron chi connectivity index (χ3n) is 4.29. The number of carbonyl (C=O) groups is 1. The van der Waals surface area contributed by atoms with E-state index in [1.165, 1.54) is 17.2 Å². The van der Waals surface area contributed by atoms with Gasteiger partial charge in [-0.25, -0.2) is 8.78 Å². The van der Waals surface area contributed by atoms with Crippen molar-refractivity contribution in [2.45, 2.75) is 19.6 Å². The third-order valence-corrected chi connectivity index (χ3v) is 5.10. The third kappa shape index (κ3) is 4.15. The van der Waals surface area contributed by atoms with Gasteiger partial charge in [-0.2, -0.15) is 0 Å². The molecule has 1 aromatic heterocycles. The van der Waals surface area contributed by atoms with Crippen molar-refractivity contribution in [2.75, 3.05) is 11.9 Å². The van der Waals surface area contributed by atoms with E-state index >= 15 is 0 Å². The first kappa shape index (κ1) is 18.5. The minimum atomic E-state index is -0.791. The van der Waals surface area contributed by atoms with E-state index in [1.807, 2.05) is 12.1 Å². The van der Waals surface area contributed by atoms with Gasteiger partial charge in [0.05, 0.1) is 0 Å². The topological polar surface area (TPSA) is 76.1 Å². The molecule has 0 bridgehead atoms. The summed E-state index contributed by atoms with van der Waals surface area (Å²) in [7, 11) is 0. The number of rotatable bonds is 5. The highest BCUT2D eigenvalue weighted by atomic mass is 32.1. The average molecular weight is 402 g/mol. The number of amides is 1. The van der Waals surface area contributed by atoms with Crippen molar-refractivity contribution in [1.82, 2.24) is 15.5 Å². The number of aromatic nitrogens is 2. The Kier molecular flexibility index (Phi) is 5.27. The summed E-state index contributed by atoms with van der Waals surface area (Å²) in [6.07, 6.45) is 0.886. The average Bonchev–Trinajstić information content (AvgIpc) is 3.14. The molecule has 9 heteroatoms. The molecule has 144 valence electrons. The Morgan fingerprint density at radius 2 is 2.07 bits per heavy atom. The highest BCUT2D eigenvalue weighted by Crippen LogP contribution is 2.22. The summed E-state index contributed by atoms with van der Waals surface area (Å²) in [6.45, 7) is 1.67. The predicted octanol–water partition coefficient (Wildman–Crippen LogP) is 3.29. The smallest absolute Gasteiger partial charge is 0.257 e. The first-order valence-electron chi connectivity index (χ1n) is 8.62. The van der Waals surface area contributed by atoms with Gasteiger partial charge in [-0.1, -0.05) is 17.4 Å². The summed E-state index contributed by atoms with van der Waals surface area (Å²) < 4.78 is 31.8. The lowest BCUT2D eigenvalue weighted by Gasteiger charge is -2.17. The standard InChI is InChI=1S/C19H16F2N4O2S/c20-14-3-4-16(15(21)8-14)27-10-17-24-25-19(28-17)23-18(26)12-1-2-13-9-22-6-5-11(13)7-12/h1-4,7-8,22H,5-6,9-10H2,(H,23,25,26). The van der Waals surface area contributed by atoms with Gasteiger partial charge in [0.25, 0.3) is 5.91 Å². The SMILES string of the molecule is O=C(Nc1nnc(COc2ccc(F)cc2F)s1)c1ccc2c(c1)CCNC2. The van der Waals surface area contributed by atoms with Gasteiger partial charge in [-0.05, 0) is 48.4 Å². The number of ether oxygens (including phenoxy) is 1. The minimum absolute atomic E-state index is 0.0397. The molecule has 2 N–H and O–H groups in total. The number of benzene rings is 2. The first-order valence-corrected chi connectivity index (χ1v) is 9.44. The summed E-state index contributed by atoms with van der Waals surface area (Å²) in [5.74, 6) is -1.81.